The Kier molecular flexibility index (Phi) is 3.62. The quantitative estimate of drug-likeness (QED) is 0.565. The van der Waals surface area contributed by atoms with Gasteiger partial charge in [0.15, 0.2) is 0 Å². The zero-order valence-electron chi connectivity index (χ0n) is 6.01. The number of rotatable bonds is 3. The van der Waals surface area contributed by atoms with Crippen molar-refractivity contribution >= 4 is 16.3 Å². The minimum absolute atomic E-state index is 0.653. The molecule has 0 saturated carbocycles. The summed E-state index contributed by atoms with van der Waals surface area (Å²) in [6.07, 6.45) is 3.81. The number of hydrogen-bond donors (Lipinski definition) is 0. The van der Waals surface area contributed by atoms with E-state index in [1.807, 2.05) is 19.4 Å². The molecule has 0 heterocycles. The summed E-state index contributed by atoms with van der Waals surface area (Å²) in [6, 6.07) is 0. The topological polar surface area (TPSA) is 26.3 Å². The fourth-order valence-electron chi connectivity index (χ4n) is 0.454. The standard InChI is InChI=1S/C6H12O2S/c1-4-8-9(2,3)6-5-7/h6H,4H2,1-3H3. The van der Waals surface area contributed by atoms with Crippen molar-refractivity contribution in [3.8, 4) is 0 Å². The van der Waals surface area contributed by atoms with Gasteiger partial charge in [-0.2, -0.15) is 0 Å². The highest BCUT2D eigenvalue weighted by molar-refractivity contribution is 8.31. The summed E-state index contributed by atoms with van der Waals surface area (Å²) in [7, 11) is -1.23. The molecule has 0 aliphatic rings. The van der Waals surface area contributed by atoms with E-state index in [9.17, 15) is 4.79 Å². The van der Waals surface area contributed by atoms with Crippen LogP contribution in [0.15, 0.2) is 5.41 Å². The molecule has 2 nitrogen and oxygen atoms in total. The highest BCUT2D eigenvalue weighted by Gasteiger charge is 2.05. The molecule has 0 saturated heterocycles. The third kappa shape index (κ3) is 4.28. The van der Waals surface area contributed by atoms with E-state index < -0.39 is 10.3 Å². The fraction of sp³-hybridized carbons (Fsp3) is 0.667. The molecule has 0 bridgehead atoms. The van der Waals surface area contributed by atoms with Crippen LogP contribution in [-0.2, 0) is 8.98 Å². The van der Waals surface area contributed by atoms with Crippen LogP contribution in [0.1, 0.15) is 6.92 Å². The number of hydrogen-bond acceptors (Lipinski definition) is 2. The Hall–Kier alpha value is -0.240. The lowest BCUT2D eigenvalue weighted by Gasteiger charge is -2.23. The van der Waals surface area contributed by atoms with Crippen molar-refractivity contribution in [1.29, 1.82) is 0 Å². The lowest BCUT2D eigenvalue weighted by molar-refractivity contribution is 0.390. The van der Waals surface area contributed by atoms with Crippen molar-refractivity contribution in [3.05, 3.63) is 5.41 Å². The first-order valence-corrected chi connectivity index (χ1v) is 5.15. The Labute approximate surface area is 57.4 Å². The van der Waals surface area contributed by atoms with Crippen LogP contribution in [0.25, 0.3) is 0 Å². The van der Waals surface area contributed by atoms with E-state index >= 15 is 0 Å². The Morgan fingerprint density at radius 3 is 2.56 bits per heavy atom. The van der Waals surface area contributed by atoms with Gasteiger partial charge < -0.3 is 4.18 Å². The Balaban J connectivity index is 3.85. The van der Waals surface area contributed by atoms with Gasteiger partial charge in [-0.1, -0.05) is 0 Å². The summed E-state index contributed by atoms with van der Waals surface area (Å²) in [5.74, 6) is 1.73. The molecule has 0 aliphatic heterocycles. The zero-order valence-corrected chi connectivity index (χ0v) is 6.83. The molecule has 54 valence electrons. The summed E-state index contributed by atoms with van der Waals surface area (Å²) in [6.45, 7) is 2.56. The normalized spacial score (nSPS) is 12.3. The van der Waals surface area contributed by atoms with Crippen LogP contribution >= 0.6 is 10.3 Å². The van der Waals surface area contributed by atoms with E-state index in [4.69, 9.17) is 4.18 Å². The van der Waals surface area contributed by atoms with E-state index in [0.717, 1.165) is 0 Å². The fourth-order valence-corrected chi connectivity index (χ4v) is 1.36. The molecule has 0 aromatic carbocycles. The maximum Gasteiger partial charge on any atom is 0.131 e. The van der Waals surface area contributed by atoms with Crippen LogP contribution in [0.3, 0.4) is 0 Å². The molecule has 0 spiro atoms. The van der Waals surface area contributed by atoms with Gasteiger partial charge in [-0.3, -0.25) is 0 Å². The molecular formula is C6H12O2S. The van der Waals surface area contributed by atoms with Gasteiger partial charge in [0.25, 0.3) is 0 Å². The molecule has 0 aromatic rings. The van der Waals surface area contributed by atoms with Gasteiger partial charge >= 0.3 is 0 Å². The molecule has 0 fully saturated rings. The largest absolute Gasteiger partial charge is 0.333 e. The predicted octanol–water partition coefficient (Wildman–Crippen LogP) is 1.35. The van der Waals surface area contributed by atoms with Crippen molar-refractivity contribution in [2.45, 2.75) is 6.92 Å². The average molecular weight is 148 g/mol. The molecule has 0 amide bonds. The summed E-state index contributed by atoms with van der Waals surface area (Å²) >= 11 is 0. The van der Waals surface area contributed by atoms with Crippen LogP contribution in [0.4, 0.5) is 0 Å². The maximum atomic E-state index is 9.86. The minimum Gasteiger partial charge on any atom is -0.333 e. The lowest BCUT2D eigenvalue weighted by Crippen LogP contribution is -1.96. The second-order valence-corrected chi connectivity index (χ2v) is 5.04. The molecular weight excluding hydrogens is 136 g/mol. The Morgan fingerprint density at radius 1 is 1.67 bits per heavy atom. The monoisotopic (exact) mass is 148 g/mol. The Bertz CT molecular complexity index is 125. The van der Waals surface area contributed by atoms with Gasteiger partial charge in [-0.25, -0.2) is 4.79 Å². The third-order valence-electron chi connectivity index (χ3n) is 0.754. The van der Waals surface area contributed by atoms with E-state index in [0.29, 0.717) is 6.61 Å². The average Bonchev–Trinajstić information content (AvgIpc) is 1.64. The molecule has 9 heavy (non-hydrogen) atoms. The maximum absolute atomic E-state index is 9.86. The first-order valence-electron chi connectivity index (χ1n) is 2.71. The van der Waals surface area contributed by atoms with Crippen molar-refractivity contribution in [2.24, 2.45) is 0 Å². The molecule has 0 radical (unpaired) electrons. The van der Waals surface area contributed by atoms with Gasteiger partial charge in [0.1, 0.15) is 5.94 Å². The molecule has 0 N–H and O–H groups in total. The summed E-state index contributed by atoms with van der Waals surface area (Å²) in [5, 5.41) is 1.45. The van der Waals surface area contributed by atoms with Crippen molar-refractivity contribution in [3.63, 3.8) is 0 Å². The van der Waals surface area contributed by atoms with E-state index in [-0.39, 0.29) is 0 Å². The van der Waals surface area contributed by atoms with Crippen molar-refractivity contribution in [1.82, 2.24) is 0 Å². The highest BCUT2D eigenvalue weighted by atomic mass is 32.3. The first kappa shape index (κ1) is 8.76. The van der Waals surface area contributed by atoms with Gasteiger partial charge in [0.05, 0.1) is 12.0 Å². The molecule has 3 heteroatoms. The summed E-state index contributed by atoms with van der Waals surface area (Å²) in [5.41, 5.74) is 0. The number of carbonyl (C=O) groups excluding carboxylic acids is 1. The van der Waals surface area contributed by atoms with Crippen molar-refractivity contribution < 1.29 is 8.98 Å². The van der Waals surface area contributed by atoms with E-state index in [2.05, 4.69) is 0 Å². The first-order chi connectivity index (χ1) is 4.12. The third-order valence-corrected chi connectivity index (χ3v) is 2.26. The van der Waals surface area contributed by atoms with Crippen LogP contribution < -0.4 is 0 Å². The highest BCUT2D eigenvalue weighted by Crippen LogP contribution is 2.40. The van der Waals surface area contributed by atoms with Gasteiger partial charge in [0.2, 0.25) is 0 Å². The van der Waals surface area contributed by atoms with Crippen LogP contribution in [0, 0.1) is 0 Å². The predicted molar refractivity (Wildman–Crippen MR) is 41.3 cm³/mol. The van der Waals surface area contributed by atoms with Gasteiger partial charge in [0, 0.05) is 0 Å². The minimum atomic E-state index is -1.23. The molecule has 0 unspecified atom stereocenters. The van der Waals surface area contributed by atoms with Gasteiger partial charge in [-0.05, 0) is 19.4 Å². The van der Waals surface area contributed by atoms with E-state index in [1.165, 1.54) is 5.41 Å². The van der Waals surface area contributed by atoms with Crippen LogP contribution in [-0.4, -0.2) is 25.1 Å². The summed E-state index contributed by atoms with van der Waals surface area (Å²) in [4.78, 5) is 9.86. The molecule has 0 atom stereocenters. The summed E-state index contributed by atoms with van der Waals surface area (Å²) < 4.78 is 5.24. The van der Waals surface area contributed by atoms with E-state index in [1.54, 1.807) is 5.94 Å². The lowest BCUT2D eigenvalue weighted by atomic mass is 10.9. The van der Waals surface area contributed by atoms with Crippen molar-refractivity contribution in [2.75, 3.05) is 19.1 Å². The Morgan fingerprint density at radius 2 is 2.22 bits per heavy atom. The SMILES string of the molecule is CCOS(C)(C)C=C=O. The molecule has 0 aliphatic carbocycles. The van der Waals surface area contributed by atoms with Gasteiger partial charge in [-0.15, -0.1) is 10.3 Å². The van der Waals surface area contributed by atoms with Crippen LogP contribution in [0.2, 0.25) is 0 Å². The zero-order chi connectivity index (χ0) is 7.33. The second kappa shape index (κ2) is 3.72. The molecule has 0 aromatic heterocycles. The van der Waals surface area contributed by atoms with Crippen LogP contribution in [0.5, 0.6) is 0 Å². The smallest absolute Gasteiger partial charge is 0.131 e. The second-order valence-electron chi connectivity index (χ2n) is 1.95. The molecule has 0 rings (SSSR count).